The molecule has 0 N–H and O–H groups in total. The Hall–Kier alpha value is -5.44. The number of benzene rings is 6. The summed E-state index contributed by atoms with van der Waals surface area (Å²) in [6.07, 6.45) is 11.8. The van der Waals surface area contributed by atoms with Crippen LogP contribution >= 0.6 is 22.7 Å². The van der Waals surface area contributed by atoms with Crippen molar-refractivity contribution in [1.82, 2.24) is 29.7 Å². The molecule has 13 heteroatoms. The van der Waals surface area contributed by atoms with E-state index in [2.05, 4.69) is 128 Å². The number of fused-ring (bicyclic) bond motifs is 3. The molecule has 7 heterocycles. The minimum atomic E-state index is 0. The minimum Gasteiger partial charge on any atom is -0.319 e. The Kier molecular flexibility index (Phi) is 27.8. The molecule has 0 saturated carbocycles. The Balaban J connectivity index is 0.000000203. The van der Waals surface area contributed by atoms with Gasteiger partial charge in [0.2, 0.25) is 0 Å². The van der Waals surface area contributed by atoms with Crippen molar-refractivity contribution in [2.45, 2.75) is 6.42 Å². The van der Waals surface area contributed by atoms with E-state index >= 15 is 0 Å². The third-order valence-corrected chi connectivity index (χ3v) is 12.5. The second-order valence-corrected chi connectivity index (χ2v) is 17.3. The van der Waals surface area contributed by atoms with Gasteiger partial charge in [-0.05, 0) is 80.2 Å². The van der Waals surface area contributed by atoms with Crippen molar-refractivity contribution in [3.8, 4) is 38.1 Å². The molecule has 75 heavy (non-hydrogen) atoms. The van der Waals surface area contributed by atoms with Gasteiger partial charge in [0.15, 0.2) is 0 Å². The van der Waals surface area contributed by atoms with E-state index in [1.54, 1.807) is 39.7 Å². The van der Waals surface area contributed by atoms with Gasteiger partial charge in [0.25, 0.3) is 0 Å². The van der Waals surface area contributed by atoms with Crippen LogP contribution in [0.5, 0.6) is 0 Å². The van der Waals surface area contributed by atoms with Crippen LogP contribution in [0.25, 0.3) is 69.7 Å². The molecule has 0 spiro atoms. The summed E-state index contributed by atoms with van der Waals surface area (Å²) in [7, 11) is 0. The third-order valence-electron chi connectivity index (χ3n) is 10.5. The fraction of sp³-hybridized carbons (Fsp3) is 0.0161. The predicted molar refractivity (Wildman–Crippen MR) is 289 cm³/mol. The van der Waals surface area contributed by atoms with Crippen LogP contribution in [0, 0.1) is 30.3 Å². The fourth-order valence-corrected chi connectivity index (χ4v) is 8.81. The topological polar surface area (TPSA) is 69.4 Å². The van der Waals surface area contributed by atoms with Crippen LogP contribution in [0.15, 0.2) is 249 Å². The van der Waals surface area contributed by atoms with Crippen molar-refractivity contribution in [2.75, 3.05) is 0 Å². The normalized spacial score (nSPS) is 9.65. The standard InChI is InChI=1S/C19H12N.C13H8NS.C12H10N.C9H7N2.C9H6NS.5Ir/c1-2-7-16-13-17(10-9-14(16)5-1)19-18-8-4-3-6-15(18)11-12-20-19;1-2-7-12-10(5-1)9-13(15-12)11-6-3-4-8-14-11;1-2-6-11(7-3-1)10-12-8-4-5-9-13-12;1-2-5-9(6-3-1)11-8-4-7-10-11;1-2-6-10-8(4-1)9-5-3-7-11-9;;;;;/h1-9,11-13H;1-8H;1-6,8-9H,10H2;1-5,7-8H;1-4,6-7H;;;;;/q5*-1;;;;;. The molecule has 0 aliphatic rings. The second-order valence-electron chi connectivity index (χ2n) is 15.3. The monoisotopic (exact) mass is 1900 g/mol. The molecular formula is C62H43Ir5N6S2-5. The zero-order valence-electron chi connectivity index (χ0n) is 39.5. The fourth-order valence-electron chi connectivity index (χ4n) is 7.18. The molecule has 0 bridgehead atoms. The molecule has 6 nitrogen and oxygen atoms in total. The van der Waals surface area contributed by atoms with Crippen LogP contribution in [-0.4, -0.2) is 29.7 Å². The smallest absolute Gasteiger partial charge is 0.0493 e. The average Bonchev–Trinajstić information content (AvgIpc) is 4.28. The summed E-state index contributed by atoms with van der Waals surface area (Å²) in [5.74, 6) is 0. The Bertz CT molecular complexity index is 3430. The van der Waals surface area contributed by atoms with E-state index in [1.807, 2.05) is 164 Å². The second kappa shape index (κ2) is 33.6. The molecule has 0 unspecified atom stereocenters. The molecule has 0 saturated heterocycles. The van der Waals surface area contributed by atoms with Crippen LogP contribution in [0.4, 0.5) is 0 Å². The van der Waals surface area contributed by atoms with E-state index < -0.39 is 0 Å². The summed E-state index contributed by atoms with van der Waals surface area (Å²) in [5, 5.41) is 12.0. The number of hydrogen-bond donors (Lipinski definition) is 0. The number of hydrogen-bond acceptors (Lipinski definition) is 7. The third kappa shape index (κ3) is 18.4. The molecule has 5 radical (unpaired) electrons. The molecular weight excluding hydrogens is 1850 g/mol. The minimum absolute atomic E-state index is 0. The van der Waals surface area contributed by atoms with Gasteiger partial charge < -0.3 is 15.0 Å². The molecule has 0 amide bonds. The van der Waals surface area contributed by atoms with Crippen LogP contribution in [0.1, 0.15) is 11.3 Å². The molecule has 383 valence electrons. The van der Waals surface area contributed by atoms with E-state index in [9.17, 15) is 0 Å². The Morgan fingerprint density at radius 2 is 1.12 bits per heavy atom. The molecule has 0 aliphatic carbocycles. The molecule has 0 fully saturated rings. The van der Waals surface area contributed by atoms with E-state index in [-0.39, 0.29) is 101 Å². The summed E-state index contributed by atoms with van der Waals surface area (Å²) < 4.78 is 3.04. The number of pyridine rings is 4. The van der Waals surface area contributed by atoms with Gasteiger partial charge in [-0.3, -0.25) is 9.67 Å². The maximum atomic E-state index is 4.55. The quantitative estimate of drug-likeness (QED) is 0.155. The number of aromatic nitrogens is 6. The Morgan fingerprint density at radius 3 is 1.76 bits per heavy atom. The Morgan fingerprint density at radius 1 is 0.467 bits per heavy atom. The van der Waals surface area contributed by atoms with Gasteiger partial charge >= 0.3 is 0 Å². The van der Waals surface area contributed by atoms with Gasteiger partial charge in [-0.2, -0.15) is 77.4 Å². The number of nitrogens with zero attached hydrogens (tertiary/aromatic N) is 6. The first-order valence-corrected chi connectivity index (χ1v) is 24.2. The van der Waals surface area contributed by atoms with Crippen molar-refractivity contribution in [1.29, 1.82) is 0 Å². The molecule has 7 aromatic heterocycles. The average molecular weight is 1900 g/mol. The summed E-state index contributed by atoms with van der Waals surface area (Å²) >= 11 is 3.39. The molecule has 6 aromatic carbocycles. The van der Waals surface area contributed by atoms with E-state index in [0.29, 0.717) is 0 Å². The van der Waals surface area contributed by atoms with Gasteiger partial charge in [0.1, 0.15) is 0 Å². The molecule has 13 rings (SSSR count). The first kappa shape index (κ1) is 62.1. The van der Waals surface area contributed by atoms with Crippen LogP contribution in [0.3, 0.4) is 0 Å². The molecule has 0 aliphatic heterocycles. The predicted octanol–water partition coefficient (Wildman–Crippen LogP) is 15.4. The van der Waals surface area contributed by atoms with Crippen molar-refractivity contribution < 1.29 is 101 Å². The first-order valence-electron chi connectivity index (χ1n) is 22.5. The summed E-state index contributed by atoms with van der Waals surface area (Å²) in [5.41, 5.74) is 7.28. The molecule has 0 atom stereocenters. The van der Waals surface area contributed by atoms with Gasteiger partial charge in [0.05, 0.1) is 0 Å². The van der Waals surface area contributed by atoms with Gasteiger partial charge in [-0.25, -0.2) is 22.7 Å². The van der Waals surface area contributed by atoms with Crippen LogP contribution in [-0.2, 0) is 107 Å². The summed E-state index contributed by atoms with van der Waals surface area (Å²) in [4.78, 5) is 19.5. The van der Waals surface area contributed by atoms with Gasteiger partial charge in [-0.15, -0.1) is 64.2 Å². The van der Waals surface area contributed by atoms with Crippen LogP contribution in [0.2, 0.25) is 0 Å². The van der Waals surface area contributed by atoms with E-state index in [0.717, 1.165) is 50.2 Å². The summed E-state index contributed by atoms with van der Waals surface area (Å²) in [6, 6.07) is 84.6. The Labute approximate surface area is 514 Å². The number of rotatable bonds is 6. The number of para-hydroxylation sites is 1. The van der Waals surface area contributed by atoms with Gasteiger partial charge in [-0.1, -0.05) is 101 Å². The van der Waals surface area contributed by atoms with Crippen molar-refractivity contribution >= 4 is 54.3 Å². The van der Waals surface area contributed by atoms with Crippen molar-refractivity contribution in [3.05, 3.63) is 290 Å². The zero-order valence-corrected chi connectivity index (χ0v) is 53.2. The summed E-state index contributed by atoms with van der Waals surface area (Å²) in [6.45, 7) is 0. The van der Waals surface area contributed by atoms with Crippen molar-refractivity contribution in [3.63, 3.8) is 0 Å². The number of thiophene rings is 2. The van der Waals surface area contributed by atoms with E-state index in [1.165, 1.54) is 37.2 Å². The molecule has 13 aromatic rings. The largest absolute Gasteiger partial charge is 0.319 e. The van der Waals surface area contributed by atoms with Crippen molar-refractivity contribution in [2.24, 2.45) is 0 Å². The first-order chi connectivity index (χ1) is 34.7. The maximum Gasteiger partial charge on any atom is 0.0493 e. The van der Waals surface area contributed by atoms with Crippen LogP contribution < -0.4 is 0 Å². The van der Waals surface area contributed by atoms with E-state index in [4.69, 9.17) is 0 Å². The van der Waals surface area contributed by atoms with Gasteiger partial charge in [0, 0.05) is 149 Å². The maximum absolute atomic E-state index is 4.55. The zero-order chi connectivity index (χ0) is 47.4. The SMILES string of the molecule is [Ir].[Ir].[Ir].[Ir].[Ir].[c-]1c(-c2ccccn2)sc2ccccc12.[c-]1cc2ccccc2cc1-c1nccc2ccccc12.[c-]1ccccc1-n1cccn1.[c-]1ccccc1Cc1ccccn1.[c-]1ccsc1-c1ccccn1.